The molecule has 108 valence electrons. The minimum absolute atomic E-state index is 0.188. The fourth-order valence-corrected chi connectivity index (χ4v) is 2.52. The monoisotopic (exact) mass is 268 g/mol. The van der Waals surface area contributed by atoms with Crippen LogP contribution < -0.4 is 5.32 Å². The highest BCUT2D eigenvalue weighted by molar-refractivity contribution is 4.92. The van der Waals surface area contributed by atoms with E-state index in [1.54, 1.807) is 4.68 Å². The molecule has 1 fully saturated rings. The summed E-state index contributed by atoms with van der Waals surface area (Å²) in [7, 11) is 0. The van der Waals surface area contributed by atoms with Gasteiger partial charge < -0.3 is 15.2 Å². The molecule has 1 aromatic rings. The van der Waals surface area contributed by atoms with Crippen LogP contribution in [0.15, 0.2) is 6.20 Å². The van der Waals surface area contributed by atoms with Crippen molar-refractivity contribution in [3.8, 4) is 0 Å². The zero-order valence-corrected chi connectivity index (χ0v) is 11.6. The molecule has 0 radical (unpaired) electrons. The van der Waals surface area contributed by atoms with Gasteiger partial charge in [0, 0.05) is 39.0 Å². The summed E-state index contributed by atoms with van der Waals surface area (Å²) in [5.41, 5.74) is 0.949. The number of nitrogens with zero attached hydrogens (tertiary/aromatic N) is 3. The lowest BCUT2D eigenvalue weighted by Gasteiger charge is -2.16. The molecule has 1 aliphatic heterocycles. The van der Waals surface area contributed by atoms with Crippen molar-refractivity contribution in [3.05, 3.63) is 11.9 Å². The second-order valence-corrected chi connectivity index (χ2v) is 5.05. The van der Waals surface area contributed by atoms with Crippen LogP contribution in [-0.4, -0.2) is 46.0 Å². The molecule has 1 aromatic heterocycles. The van der Waals surface area contributed by atoms with Crippen molar-refractivity contribution in [3.63, 3.8) is 0 Å². The number of aliphatic hydroxyl groups is 1. The molecule has 2 heterocycles. The van der Waals surface area contributed by atoms with Gasteiger partial charge in [0.2, 0.25) is 0 Å². The van der Waals surface area contributed by atoms with E-state index in [0.717, 1.165) is 44.8 Å². The molecule has 0 saturated carbocycles. The molecule has 1 aliphatic rings. The molecule has 2 atom stereocenters. The second kappa shape index (κ2) is 7.57. The van der Waals surface area contributed by atoms with Crippen molar-refractivity contribution in [2.24, 2.45) is 5.92 Å². The molecule has 19 heavy (non-hydrogen) atoms. The highest BCUT2D eigenvalue weighted by Gasteiger charge is 2.25. The predicted octanol–water partition coefficient (Wildman–Crippen LogP) is 0.565. The minimum Gasteiger partial charge on any atom is -0.396 e. The molecule has 2 unspecified atom stereocenters. The Morgan fingerprint density at radius 1 is 1.58 bits per heavy atom. The Bertz CT molecular complexity index is 369. The van der Waals surface area contributed by atoms with Gasteiger partial charge in [-0.15, -0.1) is 5.10 Å². The maximum atomic E-state index is 8.76. The van der Waals surface area contributed by atoms with Crippen molar-refractivity contribution in [1.82, 2.24) is 20.3 Å². The molecular weight excluding hydrogens is 244 g/mol. The SMILES string of the molecule is CCC1OCCC1CNCc1cn(CCCO)nn1. The second-order valence-electron chi connectivity index (χ2n) is 5.05. The largest absolute Gasteiger partial charge is 0.396 e. The molecule has 0 amide bonds. The van der Waals surface area contributed by atoms with Crippen molar-refractivity contribution in [2.75, 3.05) is 19.8 Å². The Balaban J connectivity index is 1.69. The Morgan fingerprint density at radius 2 is 2.47 bits per heavy atom. The lowest BCUT2D eigenvalue weighted by atomic mass is 10.00. The highest BCUT2D eigenvalue weighted by atomic mass is 16.5. The molecule has 0 aliphatic carbocycles. The summed E-state index contributed by atoms with van der Waals surface area (Å²) in [6.45, 7) is 5.69. The van der Waals surface area contributed by atoms with Gasteiger partial charge in [0.1, 0.15) is 0 Å². The van der Waals surface area contributed by atoms with Crippen molar-refractivity contribution >= 4 is 0 Å². The number of aromatic nitrogens is 3. The van der Waals surface area contributed by atoms with Crippen LogP contribution in [0.25, 0.3) is 0 Å². The minimum atomic E-state index is 0.188. The smallest absolute Gasteiger partial charge is 0.0964 e. The van der Waals surface area contributed by atoms with Crippen LogP contribution in [0.4, 0.5) is 0 Å². The van der Waals surface area contributed by atoms with E-state index in [2.05, 4.69) is 22.6 Å². The van der Waals surface area contributed by atoms with E-state index in [1.807, 2.05) is 6.20 Å². The average Bonchev–Trinajstić information content (AvgIpc) is 3.05. The molecule has 6 nitrogen and oxygen atoms in total. The van der Waals surface area contributed by atoms with E-state index in [9.17, 15) is 0 Å². The third kappa shape index (κ3) is 4.26. The standard InChI is InChI=1S/C13H24N4O2/c1-2-13-11(4-7-19-13)8-14-9-12-10-17(16-15-12)5-3-6-18/h10-11,13-14,18H,2-9H2,1H3. The first-order valence-electron chi connectivity index (χ1n) is 7.15. The molecule has 0 spiro atoms. The summed E-state index contributed by atoms with van der Waals surface area (Å²) in [5, 5.41) is 20.3. The van der Waals surface area contributed by atoms with E-state index in [-0.39, 0.29) is 6.61 Å². The van der Waals surface area contributed by atoms with E-state index < -0.39 is 0 Å². The van der Waals surface area contributed by atoms with Gasteiger partial charge >= 0.3 is 0 Å². The summed E-state index contributed by atoms with van der Waals surface area (Å²) in [4.78, 5) is 0. The van der Waals surface area contributed by atoms with Gasteiger partial charge in [-0.3, -0.25) is 4.68 Å². The van der Waals surface area contributed by atoms with Gasteiger partial charge in [0.05, 0.1) is 11.8 Å². The van der Waals surface area contributed by atoms with Crippen LogP contribution in [0.3, 0.4) is 0 Å². The van der Waals surface area contributed by atoms with Crippen LogP contribution in [0, 0.1) is 5.92 Å². The average molecular weight is 268 g/mol. The molecule has 2 rings (SSSR count). The number of aliphatic hydroxyl groups excluding tert-OH is 1. The number of rotatable bonds is 8. The summed E-state index contributed by atoms with van der Waals surface area (Å²) >= 11 is 0. The molecule has 0 bridgehead atoms. The van der Waals surface area contributed by atoms with Crippen LogP contribution in [0.1, 0.15) is 31.9 Å². The third-order valence-electron chi connectivity index (χ3n) is 3.59. The van der Waals surface area contributed by atoms with Gasteiger partial charge in [0.15, 0.2) is 0 Å². The van der Waals surface area contributed by atoms with Crippen molar-refractivity contribution in [2.45, 2.75) is 45.4 Å². The highest BCUT2D eigenvalue weighted by Crippen LogP contribution is 2.22. The van der Waals surface area contributed by atoms with Gasteiger partial charge in [0.25, 0.3) is 0 Å². The lowest BCUT2D eigenvalue weighted by Crippen LogP contribution is -2.28. The summed E-state index contributed by atoms with van der Waals surface area (Å²) in [6, 6.07) is 0. The van der Waals surface area contributed by atoms with Crippen LogP contribution in [0.5, 0.6) is 0 Å². The van der Waals surface area contributed by atoms with E-state index >= 15 is 0 Å². The van der Waals surface area contributed by atoms with Gasteiger partial charge in [-0.1, -0.05) is 12.1 Å². The third-order valence-corrected chi connectivity index (χ3v) is 3.59. The molecule has 6 heteroatoms. The van der Waals surface area contributed by atoms with E-state index in [4.69, 9.17) is 9.84 Å². The first kappa shape index (κ1) is 14.4. The molecular formula is C13H24N4O2. The Kier molecular flexibility index (Phi) is 5.75. The number of aryl methyl sites for hydroxylation is 1. The normalized spacial score (nSPS) is 23.1. The van der Waals surface area contributed by atoms with Gasteiger partial charge in [-0.25, -0.2) is 0 Å². The summed E-state index contributed by atoms with van der Waals surface area (Å²) in [6.07, 6.45) is 5.30. The van der Waals surface area contributed by atoms with Crippen LogP contribution >= 0.6 is 0 Å². The quantitative estimate of drug-likeness (QED) is 0.721. The zero-order chi connectivity index (χ0) is 13.5. The van der Waals surface area contributed by atoms with Crippen LogP contribution in [-0.2, 0) is 17.8 Å². The topological polar surface area (TPSA) is 72.2 Å². The van der Waals surface area contributed by atoms with Crippen molar-refractivity contribution in [1.29, 1.82) is 0 Å². The van der Waals surface area contributed by atoms with Gasteiger partial charge in [-0.2, -0.15) is 0 Å². The molecule has 2 N–H and O–H groups in total. The summed E-state index contributed by atoms with van der Waals surface area (Å²) in [5.74, 6) is 0.620. The first-order valence-corrected chi connectivity index (χ1v) is 7.15. The number of nitrogens with one attached hydrogen (secondary N) is 1. The van der Waals surface area contributed by atoms with Crippen LogP contribution in [0.2, 0.25) is 0 Å². The predicted molar refractivity (Wildman–Crippen MR) is 71.6 cm³/mol. The Morgan fingerprint density at radius 3 is 3.26 bits per heavy atom. The first-order chi connectivity index (χ1) is 9.33. The van der Waals surface area contributed by atoms with E-state index in [0.29, 0.717) is 18.4 Å². The van der Waals surface area contributed by atoms with Gasteiger partial charge in [-0.05, 0) is 25.2 Å². The molecule has 1 saturated heterocycles. The number of hydrogen-bond donors (Lipinski definition) is 2. The van der Waals surface area contributed by atoms with E-state index in [1.165, 1.54) is 0 Å². The fraction of sp³-hybridized carbons (Fsp3) is 0.846. The lowest BCUT2D eigenvalue weighted by molar-refractivity contribution is 0.0872. The van der Waals surface area contributed by atoms with Crippen molar-refractivity contribution < 1.29 is 9.84 Å². The maximum absolute atomic E-state index is 8.76. The summed E-state index contributed by atoms with van der Waals surface area (Å²) < 4.78 is 7.45. The Labute approximate surface area is 114 Å². The molecule has 0 aromatic carbocycles. The fourth-order valence-electron chi connectivity index (χ4n) is 2.52. The number of ether oxygens (including phenoxy) is 1. The number of hydrogen-bond acceptors (Lipinski definition) is 5. The zero-order valence-electron chi connectivity index (χ0n) is 11.6. The Hall–Kier alpha value is -0.980. The maximum Gasteiger partial charge on any atom is 0.0964 e.